The number of halogens is 3. The van der Waals surface area contributed by atoms with Gasteiger partial charge >= 0.3 is 6.18 Å². The first-order valence-corrected chi connectivity index (χ1v) is 7.10. The second-order valence-corrected chi connectivity index (χ2v) is 4.98. The molecule has 0 atom stereocenters. The molecule has 0 fully saturated rings. The van der Waals surface area contributed by atoms with Crippen LogP contribution < -0.4 is 5.32 Å². The molecule has 0 saturated heterocycles. The predicted molar refractivity (Wildman–Crippen MR) is 70.9 cm³/mol. The van der Waals surface area contributed by atoms with E-state index in [-0.39, 0.29) is 23.0 Å². The summed E-state index contributed by atoms with van der Waals surface area (Å²) in [4.78, 5) is 11.3. The molecular formula is C13H16F3NOS. The number of nitrogens with one attached hydrogen (secondary N) is 1. The first-order chi connectivity index (χ1) is 8.95. The molecule has 0 saturated carbocycles. The van der Waals surface area contributed by atoms with Crippen molar-refractivity contribution in [3.8, 4) is 0 Å². The predicted octanol–water partition coefficient (Wildman–Crippen LogP) is 3.46. The molecule has 1 amide bonds. The molecule has 106 valence electrons. The average Bonchev–Trinajstić information content (AvgIpc) is 2.35. The molecule has 1 aromatic rings. The zero-order valence-corrected chi connectivity index (χ0v) is 11.4. The van der Waals surface area contributed by atoms with Crippen molar-refractivity contribution < 1.29 is 18.0 Å². The van der Waals surface area contributed by atoms with Gasteiger partial charge in [0, 0.05) is 12.3 Å². The monoisotopic (exact) mass is 291 g/mol. The molecule has 0 heterocycles. The van der Waals surface area contributed by atoms with Gasteiger partial charge in [0.1, 0.15) is 0 Å². The van der Waals surface area contributed by atoms with Crippen molar-refractivity contribution in [3.63, 3.8) is 0 Å². The maximum Gasteiger partial charge on any atom is 0.416 e. The summed E-state index contributed by atoms with van der Waals surface area (Å²) in [5.41, 5.74) is -0.417. The van der Waals surface area contributed by atoms with Gasteiger partial charge in [-0.2, -0.15) is 13.2 Å². The van der Waals surface area contributed by atoms with E-state index in [1.165, 1.54) is 23.9 Å². The van der Waals surface area contributed by atoms with Gasteiger partial charge in [0.15, 0.2) is 0 Å². The number of carbonyl (C=O) groups is 1. The van der Waals surface area contributed by atoms with Crippen molar-refractivity contribution in [1.29, 1.82) is 0 Å². The minimum atomic E-state index is -4.35. The number of hydrogen-bond donors (Lipinski definition) is 1. The quantitative estimate of drug-likeness (QED) is 0.869. The van der Waals surface area contributed by atoms with E-state index in [1.807, 2.05) is 6.92 Å². The molecule has 0 unspecified atom stereocenters. The summed E-state index contributed by atoms with van der Waals surface area (Å²) in [6, 6.07) is 5.44. The standard InChI is InChI=1S/C13H16F3NOS/c1-2-7-17-12(18)9-19-8-10-5-3-4-6-11(10)13(14,15)16/h3-6H,2,7-9H2,1H3,(H,17,18). The lowest BCUT2D eigenvalue weighted by molar-refractivity contribution is -0.138. The Balaban J connectivity index is 2.52. The average molecular weight is 291 g/mol. The highest BCUT2D eigenvalue weighted by molar-refractivity contribution is 7.99. The van der Waals surface area contributed by atoms with Gasteiger partial charge in [-0.05, 0) is 18.1 Å². The van der Waals surface area contributed by atoms with Gasteiger partial charge in [-0.1, -0.05) is 25.1 Å². The number of rotatable bonds is 6. The molecule has 1 N–H and O–H groups in total. The van der Waals surface area contributed by atoms with E-state index in [2.05, 4.69) is 5.32 Å². The maximum absolute atomic E-state index is 12.7. The van der Waals surface area contributed by atoms with Crippen LogP contribution in [0.2, 0.25) is 0 Å². The van der Waals surface area contributed by atoms with Crippen LogP contribution in [0.25, 0.3) is 0 Å². The SMILES string of the molecule is CCCNC(=O)CSCc1ccccc1C(F)(F)F. The zero-order valence-electron chi connectivity index (χ0n) is 10.6. The zero-order chi connectivity index (χ0) is 14.3. The fraction of sp³-hybridized carbons (Fsp3) is 0.462. The summed E-state index contributed by atoms with van der Waals surface area (Å²) in [5, 5.41) is 2.68. The molecule has 19 heavy (non-hydrogen) atoms. The Morgan fingerprint density at radius 3 is 2.63 bits per heavy atom. The lowest BCUT2D eigenvalue weighted by Gasteiger charge is -2.12. The molecular weight excluding hydrogens is 275 g/mol. The number of amides is 1. The lowest BCUT2D eigenvalue weighted by Crippen LogP contribution is -2.25. The number of thioether (sulfide) groups is 1. The van der Waals surface area contributed by atoms with Crippen molar-refractivity contribution in [2.75, 3.05) is 12.3 Å². The maximum atomic E-state index is 12.7. The normalized spacial score (nSPS) is 11.4. The van der Waals surface area contributed by atoms with Crippen molar-refractivity contribution in [2.45, 2.75) is 25.3 Å². The van der Waals surface area contributed by atoms with Crippen LogP contribution in [0.5, 0.6) is 0 Å². The van der Waals surface area contributed by atoms with E-state index in [9.17, 15) is 18.0 Å². The molecule has 1 aromatic carbocycles. The Morgan fingerprint density at radius 1 is 1.32 bits per heavy atom. The Kier molecular flexibility index (Phi) is 6.21. The summed E-state index contributed by atoms with van der Waals surface area (Å²) < 4.78 is 38.1. The molecule has 0 spiro atoms. The highest BCUT2D eigenvalue weighted by atomic mass is 32.2. The van der Waals surface area contributed by atoms with Crippen LogP contribution in [-0.4, -0.2) is 18.2 Å². The van der Waals surface area contributed by atoms with E-state index in [1.54, 1.807) is 6.07 Å². The van der Waals surface area contributed by atoms with Crippen LogP contribution in [0.3, 0.4) is 0 Å². The fourth-order valence-corrected chi connectivity index (χ4v) is 2.35. The van der Waals surface area contributed by atoms with E-state index in [0.717, 1.165) is 12.5 Å². The first kappa shape index (κ1) is 15.9. The molecule has 1 rings (SSSR count). The Bertz CT molecular complexity index is 421. The summed E-state index contributed by atoms with van der Waals surface area (Å²) >= 11 is 1.18. The van der Waals surface area contributed by atoms with Crippen LogP contribution in [-0.2, 0) is 16.7 Å². The van der Waals surface area contributed by atoms with Gasteiger partial charge in [-0.3, -0.25) is 4.79 Å². The first-order valence-electron chi connectivity index (χ1n) is 5.94. The van der Waals surface area contributed by atoms with Crippen molar-refractivity contribution >= 4 is 17.7 Å². The van der Waals surface area contributed by atoms with Crippen LogP contribution >= 0.6 is 11.8 Å². The Morgan fingerprint density at radius 2 is 2.00 bits per heavy atom. The van der Waals surface area contributed by atoms with E-state index < -0.39 is 11.7 Å². The van der Waals surface area contributed by atoms with Gasteiger partial charge in [0.05, 0.1) is 11.3 Å². The van der Waals surface area contributed by atoms with Crippen LogP contribution in [0, 0.1) is 0 Å². The number of hydrogen-bond acceptors (Lipinski definition) is 2. The third-order valence-electron chi connectivity index (χ3n) is 2.39. The molecule has 2 nitrogen and oxygen atoms in total. The minimum absolute atomic E-state index is 0.142. The van der Waals surface area contributed by atoms with E-state index in [0.29, 0.717) is 6.54 Å². The molecule has 0 bridgehead atoms. The van der Waals surface area contributed by atoms with E-state index in [4.69, 9.17) is 0 Å². The van der Waals surface area contributed by atoms with Gasteiger partial charge in [0.2, 0.25) is 5.91 Å². The molecule has 0 aliphatic rings. The third-order valence-corrected chi connectivity index (χ3v) is 3.37. The molecule has 0 radical (unpaired) electrons. The van der Waals surface area contributed by atoms with Crippen LogP contribution in [0.4, 0.5) is 13.2 Å². The molecule has 0 aromatic heterocycles. The highest BCUT2D eigenvalue weighted by Crippen LogP contribution is 2.33. The smallest absolute Gasteiger partial charge is 0.355 e. The molecule has 0 aliphatic carbocycles. The van der Waals surface area contributed by atoms with E-state index >= 15 is 0 Å². The lowest BCUT2D eigenvalue weighted by atomic mass is 10.1. The Labute approximate surface area is 114 Å². The van der Waals surface area contributed by atoms with Gasteiger partial charge in [-0.25, -0.2) is 0 Å². The minimum Gasteiger partial charge on any atom is -0.355 e. The Hall–Kier alpha value is -1.17. The number of benzene rings is 1. The number of carbonyl (C=O) groups excluding carboxylic acids is 1. The van der Waals surface area contributed by atoms with Crippen molar-refractivity contribution in [1.82, 2.24) is 5.32 Å². The fourth-order valence-electron chi connectivity index (χ4n) is 1.49. The third kappa shape index (κ3) is 5.55. The van der Waals surface area contributed by atoms with Crippen LogP contribution in [0.1, 0.15) is 24.5 Å². The second-order valence-electron chi connectivity index (χ2n) is 4.00. The van der Waals surface area contributed by atoms with Gasteiger partial charge in [-0.15, -0.1) is 11.8 Å². The summed E-state index contributed by atoms with van der Waals surface area (Å²) in [6.07, 6.45) is -3.51. The topological polar surface area (TPSA) is 29.1 Å². The summed E-state index contributed by atoms with van der Waals surface area (Å²) in [6.45, 7) is 2.53. The summed E-state index contributed by atoms with van der Waals surface area (Å²) in [5.74, 6) is 0.206. The number of alkyl halides is 3. The van der Waals surface area contributed by atoms with Crippen LogP contribution in [0.15, 0.2) is 24.3 Å². The van der Waals surface area contributed by atoms with Gasteiger partial charge < -0.3 is 5.32 Å². The second kappa shape index (κ2) is 7.43. The van der Waals surface area contributed by atoms with Crippen molar-refractivity contribution in [2.24, 2.45) is 0 Å². The summed E-state index contributed by atoms with van der Waals surface area (Å²) in [7, 11) is 0. The largest absolute Gasteiger partial charge is 0.416 e. The van der Waals surface area contributed by atoms with Crippen molar-refractivity contribution in [3.05, 3.63) is 35.4 Å². The van der Waals surface area contributed by atoms with Gasteiger partial charge in [0.25, 0.3) is 0 Å². The molecule has 0 aliphatic heterocycles. The highest BCUT2D eigenvalue weighted by Gasteiger charge is 2.32. The molecule has 6 heteroatoms.